The van der Waals surface area contributed by atoms with Crippen LogP contribution in [0.4, 0.5) is 0 Å². The summed E-state index contributed by atoms with van der Waals surface area (Å²) in [6, 6.07) is 9.47. The van der Waals surface area contributed by atoms with Gasteiger partial charge >= 0.3 is 16.8 Å². The number of carboxylic acid groups (broad SMARTS) is 1. The summed E-state index contributed by atoms with van der Waals surface area (Å²) in [4.78, 5) is 22.0. The van der Waals surface area contributed by atoms with Crippen LogP contribution in [0.2, 0.25) is 0 Å². The molecule has 1 atom stereocenters. The smallest absolute Gasteiger partial charge is 0.872 e. The fraction of sp³-hybridized carbons (Fsp3) is 0.118. The summed E-state index contributed by atoms with van der Waals surface area (Å²) in [5, 5.41) is 25.0. The topological polar surface area (TPSA) is 136 Å². The quantitative estimate of drug-likeness (QED) is 0.598. The van der Waals surface area contributed by atoms with Gasteiger partial charge in [0, 0.05) is 24.5 Å². The summed E-state index contributed by atoms with van der Waals surface area (Å²) in [6.07, 6.45) is 4.44. The van der Waals surface area contributed by atoms with Crippen LogP contribution in [0.15, 0.2) is 53.9 Å². The number of aliphatic imine (C=N–C) groups is 1. The molecule has 1 heterocycles. The van der Waals surface area contributed by atoms with Gasteiger partial charge in [0.2, 0.25) is 0 Å². The molecule has 0 spiro atoms. The number of hydrogen-bond acceptors (Lipinski definition) is 5. The minimum atomic E-state index is -1.30. The van der Waals surface area contributed by atoms with Crippen LogP contribution in [0, 0.1) is 0 Å². The summed E-state index contributed by atoms with van der Waals surface area (Å²) >= 11 is 0. The number of rotatable bonds is 5. The van der Waals surface area contributed by atoms with Crippen LogP contribution >= 0.6 is 0 Å². The first-order valence-corrected chi connectivity index (χ1v) is 7.05. The molecule has 0 saturated carbocycles. The van der Waals surface area contributed by atoms with Crippen LogP contribution in [0.3, 0.4) is 0 Å². The van der Waals surface area contributed by atoms with E-state index < -0.39 is 12.0 Å². The Morgan fingerprint density at radius 3 is 2.72 bits per heavy atom. The first-order valence-electron chi connectivity index (χ1n) is 7.05. The molecule has 2 aromatic carbocycles. The summed E-state index contributed by atoms with van der Waals surface area (Å²) in [7, 11) is 0. The van der Waals surface area contributed by atoms with Crippen LogP contribution < -0.4 is 10.2 Å². The molecule has 0 fully saturated rings. The van der Waals surface area contributed by atoms with Gasteiger partial charge in [0.25, 0.3) is 0 Å². The Kier molecular flexibility index (Phi) is 7.31. The molecule has 3 rings (SSSR count). The zero-order valence-electron chi connectivity index (χ0n) is 12.9. The number of imidazole rings is 1. The predicted molar refractivity (Wildman–Crippen MR) is 85.7 cm³/mol. The first-order chi connectivity index (χ1) is 11.1. The molecule has 7 nitrogen and oxygen atoms in total. The van der Waals surface area contributed by atoms with Crippen LogP contribution in [0.25, 0.3) is 10.8 Å². The minimum Gasteiger partial charge on any atom is -0.872 e. The van der Waals surface area contributed by atoms with Gasteiger partial charge in [-0.15, -0.1) is 0 Å². The third kappa shape index (κ3) is 4.66. The molecule has 131 valence electrons. The van der Waals surface area contributed by atoms with Gasteiger partial charge in [-0.2, -0.15) is 0 Å². The van der Waals surface area contributed by atoms with Crippen molar-refractivity contribution in [2.75, 3.05) is 0 Å². The van der Waals surface area contributed by atoms with E-state index in [-0.39, 0.29) is 34.4 Å². The van der Waals surface area contributed by atoms with E-state index in [1.165, 1.54) is 24.8 Å². The standard InChI is InChI=1S/C17H15N3O3.Co.H2O/c21-16-6-5-11-3-1-2-4-13(11)14(16)9-19-15(17(22)23)7-12-8-18-10-20-12;;/h1-6,8-10,15,21H,7H2,(H,18,20)(H,22,23);;1H2/q;+2;/p-2/t15-;;/m0../s1. The maximum Gasteiger partial charge on any atom is 2.00 e. The second-order valence-corrected chi connectivity index (χ2v) is 5.09. The van der Waals surface area contributed by atoms with E-state index in [9.17, 15) is 15.0 Å². The van der Waals surface area contributed by atoms with Crippen molar-refractivity contribution in [3.63, 3.8) is 0 Å². The largest absolute Gasteiger partial charge is 2.00 e. The Labute approximate surface area is 154 Å². The summed E-state index contributed by atoms with van der Waals surface area (Å²) in [5.74, 6) is -1.50. The van der Waals surface area contributed by atoms with Crippen molar-refractivity contribution in [2.45, 2.75) is 12.5 Å². The normalized spacial score (nSPS) is 11.7. The van der Waals surface area contributed by atoms with E-state index in [0.29, 0.717) is 11.3 Å². The van der Waals surface area contributed by atoms with Gasteiger partial charge in [-0.1, -0.05) is 42.1 Å². The van der Waals surface area contributed by atoms with Crippen LogP contribution in [-0.4, -0.2) is 33.7 Å². The van der Waals surface area contributed by atoms with Crippen molar-refractivity contribution in [3.05, 3.63) is 60.2 Å². The fourth-order valence-electron chi connectivity index (χ4n) is 2.37. The molecule has 1 radical (unpaired) electrons. The SMILES string of the molecule is O.O=C([O-])[C@H](Cc1cnc[nH]1)N=Cc1c([O-])ccc2ccccc12.[Co+2]. The minimum absolute atomic E-state index is 0. The Morgan fingerprint density at radius 2 is 2.04 bits per heavy atom. The average Bonchev–Trinajstić information content (AvgIpc) is 3.05. The van der Waals surface area contributed by atoms with Gasteiger partial charge < -0.3 is 25.5 Å². The zero-order valence-corrected chi connectivity index (χ0v) is 14.0. The zero-order chi connectivity index (χ0) is 16.2. The Balaban J connectivity index is 0.00000156. The molecular weight excluding hydrogens is 369 g/mol. The van der Waals surface area contributed by atoms with Crippen molar-refractivity contribution in [3.8, 4) is 5.75 Å². The Hall–Kier alpha value is -2.68. The maximum atomic E-state index is 12.1. The van der Waals surface area contributed by atoms with E-state index in [4.69, 9.17) is 0 Å². The van der Waals surface area contributed by atoms with E-state index in [2.05, 4.69) is 15.0 Å². The molecular formula is C17H15CoN3O4. The molecule has 0 saturated heterocycles. The van der Waals surface area contributed by atoms with Crippen LogP contribution in [0.1, 0.15) is 11.3 Å². The van der Waals surface area contributed by atoms with Gasteiger partial charge in [0.05, 0.1) is 18.3 Å². The molecule has 0 aliphatic rings. The molecule has 0 bridgehead atoms. The first kappa shape index (κ1) is 20.4. The van der Waals surface area contributed by atoms with Gasteiger partial charge in [0.1, 0.15) is 0 Å². The van der Waals surface area contributed by atoms with Crippen molar-refractivity contribution in [2.24, 2.45) is 4.99 Å². The molecule has 0 amide bonds. The second kappa shape index (κ2) is 8.97. The molecule has 0 aliphatic heterocycles. The van der Waals surface area contributed by atoms with Crippen molar-refractivity contribution in [1.29, 1.82) is 0 Å². The third-order valence-corrected chi connectivity index (χ3v) is 3.55. The van der Waals surface area contributed by atoms with E-state index >= 15 is 0 Å². The number of nitrogens with zero attached hydrogens (tertiary/aromatic N) is 2. The number of benzene rings is 2. The van der Waals surface area contributed by atoms with Crippen molar-refractivity contribution < 1.29 is 37.3 Å². The van der Waals surface area contributed by atoms with Crippen LogP contribution in [-0.2, 0) is 28.0 Å². The molecule has 0 unspecified atom stereocenters. The number of nitrogens with one attached hydrogen (secondary N) is 1. The molecule has 1 aromatic heterocycles. The maximum absolute atomic E-state index is 12.1. The summed E-state index contributed by atoms with van der Waals surface area (Å²) in [6.45, 7) is 0. The van der Waals surface area contributed by atoms with Gasteiger partial charge in [-0.25, -0.2) is 4.98 Å². The van der Waals surface area contributed by atoms with Crippen molar-refractivity contribution in [1.82, 2.24) is 9.97 Å². The van der Waals surface area contributed by atoms with Gasteiger partial charge in [-0.3, -0.25) is 4.99 Å². The molecule has 25 heavy (non-hydrogen) atoms. The Bertz CT molecular complexity index is 865. The monoisotopic (exact) mass is 384 g/mol. The third-order valence-electron chi connectivity index (χ3n) is 3.55. The number of carbonyl (C=O) groups excluding carboxylic acids is 1. The number of aliphatic carboxylic acids is 1. The van der Waals surface area contributed by atoms with Gasteiger partial charge in [0.15, 0.2) is 0 Å². The van der Waals surface area contributed by atoms with E-state index in [0.717, 1.165) is 10.8 Å². The molecule has 3 N–H and O–H groups in total. The van der Waals surface area contributed by atoms with Crippen LogP contribution in [0.5, 0.6) is 5.75 Å². The summed E-state index contributed by atoms with van der Waals surface area (Å²) in [5.41, 5.74) is 1.01. The van der Waals surface area contributed by atoms with E-state index in [1.54, 1.807) is 12.1 Å². The van der Waals surface area contributed by atoms with Gasteiger partial charge in [-0.05, 0) is 16.3 Å². The van der Waals surface area contributed by atoms with Crippen molar-refractivity contribution >= 4 is 23.0 Å². The number of fused-ring (bicyclic) bond motifs is 1. The Morgan fingerprint density at radius 1 is 1.28 bits per heavy atom. The number of carbonyl (C=O) groups is 1. The predicted octanol–water partition coefficient (Wildman–Crippen LogP) is -0.411. The average molecular weight is 384 g/mol. The number of H-pyrrole nitrogens is 1. The fourth-order valence-corrected chi connectivity index (χ4v) is 2.37. The van der Waals surface area contributed by atoms with E-state index in [1.807, 2.05) is 18.2 Å². The summed E-state index contributed by atoms with van der Waals surface area (Å²) < 4.78 is 0. The number of hydrogen-bond donors (Lipinski definition) is 1. The number of aromatic amines is 1. The molecule has 0 aliphatic carbocycles. The number of aromatic nitrogens is 2. The number of carboxylic acids is 1. The molecule has 3 aromatic rings. The molecule has 8 heteroatoms. The second-order valence-electron chi connectivity index (χ2n) is 5.09.